The summed E-state index contributed by atoms with van der Waals surface area (Å²) in [6.45, 7) is 3.95. The number of hydrogen-bond acceptors (Lipinski definition) is 3. The molecule has 1 aromatic carbocycles. The Kier molecular flexibility index (Phi) is 4.34. The third-order valence-electron chi connectivity index (χ3n) is 3.63. The molecule has 20 heavy (non-hydrogen) atoms. The van der Waals surface area contributed by atoms with Gasteiger partial charge < -0.3 is 10.6 Å². The van der Waals surface area contributed by atoms with Crippen molar-refractivity contribution in [1.29, 1.82) is 0 Å². The van der Waals surface area contributed by atoms with Gasteiger partial charge in [-0.25, -0.2) is 4.39 Å². The molecule has 1 aromatic rings. The number of piperazine rings is 1. The zero-order chi connectivity index (χ0) is 14.7. The van der Waals surface area contributed by atoms with Crippen LogP contribution >= 0.6 is 0 Å². The molecule has 6 heteroatoms. The minimum absolute atomic E-state index is 0.184. The van der Waals surface area contributed by atoms with Crippen LogP contribution in [0, 0.1) is 5.82 Å². The molecule has 2 amide bonds. The summed E-state index contributed by atoms with van der Waals surface area (Å²) in [5, 5.41) is 0. The van der Waals surface area contributed by atoms with Crippen molar-refractivity contribution < 1.29 is 14.0 Å². The van der Waals surface area contributed by atoms with Gasteiger partial charge in [0, 0.05) is 31.7 Å². The lowest BCUT2D eigenvalue weighted by atomic mass is 10.1. The first-order valence-corrected chi connectivity index (χ1v) is 6.57. The molecule has 0 spiro atoms. The maximum absolute atomic E-state index is 13.1. The molecule has 1 atom stereocenters. The van der Waals surface area contributed by atoms with Crippen molar-refractivity contribution in [3.05, 3.63) is 35.6 Å². The first kappa shape index (κ1) is 14.5. The molecular weight excluding hydrogens is 261 g/mol. The van der Waals surface area contributed by atoms with Crippen LogP contribution in [0.3, 0.4) is 0 Å². The van der Waals surface area contributed by atoms with Crippen LogP contribution in [0.15, 0.2) is 24.3 Å². The highest BCUT2D eigenvalue weighted by Gasteiger charge is 2.26. The molecule has 1 unspecified atom stereocenters. The molecule has 1 fully saturated rings. The molecule has 0 aromatic heterocycles. The molecule has 108 valence electrons. The van der Waals surface area contributed by atoms with Gasteiger partial charge in [-0.15, -0.1) is 0 Å². The van der Waals surface area contributed by atoms with Gasteiger partial charge in [-0.1, -0.05) is 6.07 Å². The summed E-state index contributed by atoms with van der Waals surface area (Å²) < 4.78 is 13.1. The van der Waals surface area contributed by atoms with Gasteiger partial charge in [-0.3, -0.25) is 14.5 Å². The smallest absolute Gasteiger partial charge is 0.254 e. The van der Waals surface area contributed by atoms with E-state index in [1.807, 2.05) is 4.90 Å². The second-order valence-electron chi connectivity index (χ2n) is 4.92. The van der Waals surface area contributed by atoms with E-state index < -0.39 is 5.82 Å². The fourth-order valence-electron chi connectivity index (χ4n) is 2.30. The maximum Gasteiger partial charge on any atom is 0.254 e. The predicted octanol–water partition coefficient (Wildman–Crippen LogP) is 0.457. The number of halogens is 1. The monoisotopic (exact) mass is 279 g/mol. The molecule has 0 saturated carbocycles. The first-order valence-electron chi connectivity index (χ1n) is 6.57. The summed E-state index contributed by atoms with van der Waals surface area (Å²) >= 11 is 0. The first-order chi connectivity index (χ1) is 9.49. The lowest BCUT2D eigenvalue weighted by Crippen LogP contribution is -2.54. The van der Waals surface area contributed by atoms with E-state index in [0.29, 0.717) is 31.7 Å². The van der Waals surface area contributed by atoms with E-state index in [4.69, 9.17) is 5.73 Å². The number of hydrogen-bond donors (Lipinski definition) is 1. The number of primary amides is 1. The normalized spacial score (nSPS) is 17.8. The molecule has 1 aliphatic rings. The number of carbonyl (C=O) groups excluding carboxylic acids is 2. The summed E-state index contributed by atoms with van der Waals surface area (Å²) in [6.07, 6.45) is 0. The number of rotatable bonds is 3. The average Bonchev–Trinajstić information content (AvgIpc) is 2.46. The zero-order valence-electron chi connectivity index (χ0n) is 11.4. The third kappa shape index (κ3) is 3.14. The van der Waals surface area contributed by atoms with Crippen LogP contribution in [-0.4, -0.2) is 53.8 Å². The van der Waals surface area contributed by atoms with Gasteiger partial charge >= 0.3 is 0 Å². The van der Waals surface area contributed by atoms with Crippen molar-refractivity contribution >= 4 is 11.8 Å². The number of carbonyl (C=O) groups is 2. The predicted molar refractivity (Wildman–Crippen MR) is 72.5 cm³/mol. The van der Waals surface area contributed by atoms with Gasteiger partial charge in [0.25, 0.3) is 5.91 Å². The largest absolute Gasteiger partial charge is 0.368 e. The van der Waals surface area contributed by atoms with Crippen molar-refractivity contribution in [2.45, 2.75) is 13.0 Å². The van der Waals surface area contributed by atoms with Crippen molar-refractivity contribution in [3.8, 4) is 0 Å². The third-order valence-corrected chi connectivity index (χ3v) is 3.63. The van der Waals surface area contributed by atoms with Crippen LogP contribution in [0.1, 0.15) is 17.3 Å². The second kappa shape index (κ2) is 6.00. The fraction of sp³-hybridized carbons (Fsp3) is 0.429. The van der Waals surface area contributed by atoms with Gasteiger partial charge in [0.2, 0.25) is 5.91 Å². The lowest BCUT2D eigenvalue weighted by Gasteiger charge is -2.36. The Balaban J connectivity index is 1.97. The number of amides is 2. The van der Waals surface area contributed by atoms with Gasteiger partial charge in [-0.05, 0) is 25.1 Å². The summed E-state index contributed by atoms with van der Waals surface area (Å²) in [6, 6.07) is 5.34. The minimum Gasteiger partial charge on any atom is -0.368 e. The standard InChI is InChI=1S/C14H18FN3O2/c1-10(13(16)19)17-5-7-18(8-6-17)14(20)11-3-2-4-12(15)9-11/h2-4,9-10H,5-8H2,1H3,(H2,16,19). The molecule has 1 aliphatic heterocycles. The number of benzene rings is 1. The van der Waals surface area contributed by atoms with E-state index in [2.05, 4.69) is 0 Å². The van der Waals surface area contributed by atoms with Crippen LogP contribution in [0.2, 0.25) is 0 Å². The van der Waals surface area contributed by atoms with Gasteiger partial charge in [0.1, 0.15) is 5.82 Å². The van der Waals surface area contributed by atoms with Crippen LogP contribution in [0.4, 0.5) is 4.39 Å². The Morgan fingerprint density at radius 3 is 2.45 bits per heavy atom. The second-order valence-corrected chi connectivity index (χ2v) is 4.92. The van der Waals surface area contributed by atoms with Crippen molar-refractivity contribution in [3.63, 3.8) is 0 Å². The lowest BCUT2D eigenvalue weighted by molar-refractivity contribution is -0.123. The average molecular weight is 279 g/mol. The van der Waals surface area contributed by atoms with Crippen molar-refractivity contribution in [2.24, 2.45) is 5.73 Å². The molecule has 0 bridgehead atoms. The van der Waals surface area contributed by atoms with Gasteiger partial charge in [0.15, 0.2) is 0 Å². The van der Waals surface area contributed by atoms with Gasteiger partial charge in [-0.2, -0.15) is 0 Å². The van der Waals surface area contributed by atoms with E-state index in [-0.39, 0.29) is 17.9 Å². The van der Waals surface area contributed by atoms with Crippen LogP contribution < -0.4 is 5.73 Å². The van der Waals surface area contributed by atoms with E-state index in [9.17, 15) is 14.0 Å². The molecule has 1 saturated heterocycles. The molecule has 5 nitrogen and oxygen atoms in total. The Labute approximate surface area is 117 Å². The van der Waals surface area contributed by atoms with Crippen LogP contribution in [-0.2, 0) is 4.79 Å². The Bertz CT molecular complexity index is 513. The highest BCUT2D eigenvalue weighted by atomic mass is 19.1. The van der Waals surface area contributed by atoms with Gasteiger partial charge in [0.05, 0.1) is 6.04 Å². The van der Waals surface area contributed by atoms with E-state index in [0.717, 1.165) is 0 Å². The number of nitrogens with two attached hydrogens (primary N) is 1. The molecule has 1 heterocycles. The number of nitrogens with zero attached hydrogens (tertiary/aromatic N) is 2. The Hall–Kier alpha value is -1.95. The molecule has 0 aliphatic carbocycles. The van der Waals surface area contributed by atoms with E-state index >= 15 is 0 Å². The summed E-state index contributed by atoms with van der Waals surface area (Å²) in [4.78, 5) is 27.0. The Morgan fingerprint density at radius 2 is 1.90 bits per heavy atom. The van der Waals surface area contributed by atoms with Crippen LogP contribution in [0.25, 0.3) is 0 Å². The highest BCUT2D eigenvalue weighted by molar-refractivity contribution is 5.94. The summed E-state index contributed by atoms with van der Waals surface area (Å²) in [7, 11) is 0. The minimum atomic E-state index is -0.420. The maximum atomic E-state index is 13.1. The topological polar surface area (TPSA) is 66.6 Å². The zero-order valence-corrected chi connectivity index (χ0v) is 11.4. The Morgan fingerprint density at radius 1 is 1.25 bits per heavy atom. The quantitative estimate of drug-likeness (QED) is 0.874. The molecular formula is C14H18FN3O2. The van der Waals surface area contributed by atoms with Crippen molar-refractivity contribution in [1.82, 2.24) is 9.80 Å². The van der Waals surface area contributed by atoms with Crippen LogP contribution in [0.5, 0.6) is 0 Å². The van der Waals surface area contributed by atoms with E-state index in [1.165, 1.54) is 18.2 Å². The fourth-order valence-corrected chi connectivity index (χ4v) is 2.30. The van der Waals surface area contributed by atoms with Crippen molar-refractivity contribution in [2.75, 3.05) is 26.2 Å². The summed E-state index contributed by atoms with van der Waals surface area (Å²) in [5.74, 6) is -0.970. The molecule has 0 radical (unpaired) electrons. The highest BCUT2D eigenvalue weighted by Crippen LogP contribution is 2.11. The SMILES string of the molecule is CC(C(N)=O)N1CCN(C(=O)c2cccc(F)c2)CC1. The summed E-state index contributed by atoms with van der Waals surface area (Å²) in [5.41, 5.74) is 5.61. The molecule has 2 rings (SSSR count). The van der Waals surface area contributed by atoms with E-state index in [1.54, 1.807) is 17.9 Å². The molecule has 2 N–H and O–H groups in total.